The number of amides is 1. The van der Waals surface area contributed by atoms with Crippen LogP contribution >= 0.6 is 0 Å². The molecule has 1 aromatic rings. The molecule has 0 atom stereocenters. The molecule has 0 radical (unpaired) electrons. The van der Waals surface area contributed by atoms with E-state index in [2.05, 4.69) is 5.32 Å². The lowest BCUT2D eigenvalue weighted by Crippen LogP contribution is -3.13. The minimum absolute atomic E-state index is 0. The Labute approximate surface area is 143 Å². The summed E-state index contributed by atoms with van der Waals surface area (Å²) in [5.74, 6) is 0.449. The molecule has 1 amide bonds. The highest BCUT2D eigenvalue weighted by Crippen LogP contribution is 2.17. The van der Waals surface area contributed by atoms with Crippen LogP contribution in [0.15, 0.2) is 24.3 Å². The van der Waals surface area contributed by atoms with Gasteiger partial charge in [0.2, 0.25) is 0 Å². The van der Waals surface area contributed by atoms with Crippen molar-refractivity contribution in [2.24, 2.45) is 0 Å². The number of para-hydroxylation sites is 1. The standard InChI is InChI=1S/C16H26N2O4.ClH/c1-2-22-15-7-4-3-6-14(15)16(21)17-8-5-9-18(10-12-19)11-13-20;/h3-4,6-7,19-20H,2,5,8-13H2,1H3,(H,17,21);1H. The minimum atomic E-state index is -0.144. The van der Waals surface area contributed by atoms with Gasteiger partial charge in [-0.15, -0.1) is 0 Å². The van der Waals surface area contributed by atoms with Gasteiger partial charge in [-0.25, -0.2) is 0 Å². The van der Waals surface area contributed by atoms with Crippen LogP contribution in [0.5, 0.6) is 5.75 Å². The molecule has 0 aromatic heterocycles. The summed E-state index contributed by atoms with van der Waals surface area (Å²) in [7, 11) is 0. The molecular formula is C16H27ClN2O4. The summed E-state index contributed by atoms with van der Waals surface area (Å²) in [6.45, 7) is 5.18. The average Bonchev–Trinajstić information content (AvgIpc) is 2.52. The molecule has 132 valence electrons. The molecule has 0 unspecified atom stereocenters. The van der Waals surface area contributed by atoms with E-state index in [0.29, 0.717) is 37.6 Å². The first-order valence-corrected chi connectivity index (χ1v) is 7.78. The van der Waals surface area contributed by atoms with Crippen LogP contribution in [0.2, 0.25) is 0 Å². The van der Waals surface area contributed by atoms with Crippen molar-refractivity contribution in [1.82, 2.24) is 5.32 Å². The van der Waals surface area contributed by atoms with E-state index < -0.39 is 0 Å². The zero-order valence-corrected chi connectivity index (χ0v) is 14.3. The molecule has 0 spiro atoms. The summed E-state index contributed by atoms with van der Waals surface area (Å²) in [6.07, 6.45) is 0.790. The van der Waals surface area contributed by atoms with Gasteiger partial charge in [0.15, 0.2) is 0 Å². The molecule has 23 heavy (non-hydrogen) atoms. The topological polar surface area (TPSA) is 83.2 Å². The Morgan fingerprint density at radius 3 is 2.43 bits per heavy atom. The van der Waals surface area contributed by atoms with Crippen molar-refractivity contribution in [2.75, 3.05) is 46.0 Å². The molecule has 0 saturated carbocycles. The smallest absolute Gasteiger partial charge is 0.255 e. The van der Waals surface area contributed by atoms with E-state index in [1.807, 2.05) is 19.1 Å². The highest BCUT2D eigenvalue weighted by Gasteiger charge is 2.12. The Morgan fingerprint density at radius 1 is 1.17 bits per heavy atom. The Morgan fingerprint density at radius 2 is 1.83 bits per heavy atom. The maximum Gasteiger partial charge on any atom is 0.255 e. The van der Waals surface area contributed by atoms with Crippen molar-refractivity contribution in [3.05, 3.63) is 29.8 Å². The van der Waals surface area contributed by atoms with Crippen molar-refractivity contribution < 1.29 is 37.1 Å². The molecule has 7 heteroatoms. The van der Waals surface area contributed by atoms with Crippen molar-refractivity contribution >= 4 is 5.91 Å². The van der Waals surface area contributed by atoms with Gasteiger partial charge in [-0.3, -0.25) is 4.79 Å². The Kier molecular flexibility index (Phi) is 12.4. The van der Waals surface area contributed by atoms with E-state index in [-0.39, 0.29) is 31.5 Å². The summed E-state index contributed by atoms with van der Waals surface area (Å²) in [5.41, 5.74) is 0.541. The van der Waals surface area contributed by atoms with Gasteiger partial charge in [0.25, 0.3) is 5.91 Å². The third-order valence-electron chi connectivity index (χ3n) is 3.35. The molecule has 0 bridgehead atoms. The summed E-state index contributed by atoms with van der Waals surface area (Å²) >= 11 is 0. The number of halogens is 1. The number of aliphatic hydroxyl groups is 2. The molecule has 6 nitrogen and oxygen atoms in total. The van der Waals surface area contributed by atoms with Crippen molar-refractivity contribution in [3.63, 3.8) is 0 Å². The molecule has 0 fully saturated rings. The van der Waals surface area contributed by atoms with Gasteiger partial charge in [-0.05, 0) is 19.1 Å². The number of hydrogen-bond acceptors (Lipinski definition) is 4. The molecule has 1 aromatic carbocycles. The first-order chi connectivity index (χ1) is 10.7. The minimum Gasteiger partial charge on any atom is -1.00 e. The third-order valence-corrected chi connectivity index (χ3v) is 3.35. The molecule has 1 rings (SSSR count). The van der Waals surface area contributed by atoms with Crippen LogP contribution in [0.25, 0.3) is 0 Å². The first kappa shape index (κ1) is 21.7. The van der Waals surface area contributed by atoms with E-state index in [1.54, 1.807) is 12.1 Å². The third kappa shape index (κ3) is 8.18. The van der Waals surface area contributed by atoms with Gasteiger partial charge in [0.1, 0.15) is 18.8 Å². The lowest BCUT2D eigenvalue weighted by atomic mass is 10.2. The molecule has 0 saturated heterocycles. The first-order valence-electron chi connectivity index (χ1n) is 7.78. The molecule has 4 N–H and O–H groups in total. The van der Waals surface area contributed by atoms with Gasteiger partial charge in [-0.2, -0.15) is 0 Å². The lowest BCUT2D eigenvalue weighted by Gasteiger charge is -2.17. The van der Waals surface area contributed by atoms with Crippen LogP contribution in [0.1, 0.15) is 23.7 Å². The van der Waals surface area contributed by atoms with Crippen LogP contribution in [-0.2, 0) is 0 Å². The fourth-order valence-corrected chi connectivity index (χ4v) is 2.26. The number of carbonyl (C=O) groups is 1. The quantitative estimate of drug-likeness (QED) is 0.309. The fourth-order valence-electron chi connectivity index (χ4n) is 2.26. The number of rotatable bonds is 11. The highest BCUT2D eigenvalue weighted by molar-refractivity contribution is 5.96. The van der Waals surface area contributed by atoms with Crippen LogP contribution in [0.3, 0.4) is 0 Å². The van der Waals surface area contributed by atoms with E-state index in [0.717, 1.165) is 17.9 Å². The van der Waals surface area contributed by atoms with Crippen LogP contribution in [-0.4, -0.2) is 62.1 Å². The average molecular weight is 347 g/mol. The number of aliphatic hydroxyl groups excluding tert-OH is 2. The number of carbonyl (C=O) groups excluding carboxylic acids is 1. The second kappa shape index (κ2) is 13.1. The van der Waals surface area contributed by atoms with Gasteiger partial charge >= 0.3 is 0 Å². The second-order valence-corrected chi connectivity index (χ2v) is 4.99. The predicted molar refractivity (Wildman–Crippen MR) is 84.3 cm³/mol. The van der Waals surface area contributed by atoms with Crippen LogP contribution in [0.4, 0.5) is 0 Å². The van der Waals surface area contributed by atoms with E-state index >= 15 is 0 Å². The zero-order valence-electron chi connectivity index (χ0n) is 13.6. The number of benzene rings is 1. The monoisotopic (exact) mass is 346 g/mol. The number of nitrogens with one attached hydrogen (secondary N) is 2. The maximum atomic E-state index is 12.2. The van der Waals surface area contributed by atoms with Gasteiger partial charge in [-0.1, -0.05) is 12.1 Å². The summed E-state index contributed by atoms with van der Waals surface area (Å²) < 4.78 is 5.45. The summed E-state index contributed by atoms with van der Waals surface area (Å²) in [6, 6.07) is 7.18. The van der Waals surface area contributed by atoms with Gasteiger partial charge in [0, 0.05) is 13.0 Å². The van der Waals surface area contributed by atoms with Crippen molar-refractivity contribution in [2.45, 2.75) is 13.3 Å². The molecular weight excluding hydrogens is 320 g/mol. The Bertz CT molecular complexity index is 440. The predicted octanol–water partition coefficient (Wildman–Crippen LogP) is -3.92. The number of hydrogen-bond donors (Lipinski definition) is 4. The number of ether oxygens (including phenoxy) is 1. The van der Waals surface area contributed by atoms with Crippen LogP contribution in [0, 0.1) is 0 Å². The molecule has 0 aliphatic rings. The largest absolute Gasteiger partial charge is 1.00 e. The number of quaternary nitrogens is 1. The SMILES string of the molecule is CCOc1ccccc1C(=O)NCCC[NH+](CCO)CCO.[Cl-]. The molecule has 0 heterocycles. The molecule has 0 aliphatic heterocycles. The van der Waals surface area contributed by atoms with Crippen molar-refractivity contribution in [1.29, 1.82) is 0 Å². The summed E-state index contributed by atoms with van der Waals surface area (Å²) in [4.78, 5) is 13.3. The second-order valence-electron chi connectivity index (χ2n) is 4.99. The van der Waals surface area contributed by atoms with Crippen LogP contribution < -0.4 is 27.4 Å². The Balaban J connectivity index is 0.00000484. The summed E-state index contributed by atoms with van der Waals surface area (Å²) in [5, 5.41) is 20.8. The Hall–Kier alpha value is -1.34. The van der Waals surface area contributed by atoms with Gasteiger partial charge < -0.3 is 37.6 Å². The lowest BCUT2D eigenvalue weighted by molar-refractivity contribution is -0.900. The van der Waals surface area contributed by atoms with E-state index in [1.165, 1.54) is 0 Å². The normalized spacial score (nSPS) is 10.3. The van der Waals surface area contributed by atoms with Crippen molar-refractivity contribution in [3.8, 4) is 5.75 Å². The van der Waals surface area contributed by atoms with E-state index in [4.69, 9.17) is 14.9 Å². The van der Waals surface area contributed by atoms with E-state index in [9.17, 15) is 4.79 Å². The highest BCUT2D eigenvalue weighted by atomic mass is 35.5. The fraction of sp³-hybridized carbons (Fsp3) is 0.562. The molecule has 0 aliphatic carbocycles. The maximum absolute atomic E-state index is 12.2. The van der Waals surface area contributed by atoms with Gasteiger partial charge in [0.05, 0.1) is 31.9 Å². The zero-order chi connectivity index (χ0) is 16.2.